The van der Waals surface area contributed by atoms with Crippen LogP contribution in [-0.2, 0) is 7.05 Å². The van der Waals surface area contributed by atoms with Gasteiger partial charge in [-0.3, -0.25) is 25.0 Å². The minimum absolute atomic E-state index is 0.159. The van der Waals surface area contributed by atoms with Crippen molar-refractivity contribution in [3.63, 3.8) is 0 Å². The van der Waals surface area contributed by atoms with Gasteiger partial charge in [-0.15, -0.1) is 0 Å². The highest BCUT2D eigenvalue weighted by Gasteiger charge is 2.30. The van der Waals surface area contributed by atoms with E-state index in [1.807, 2.05) is 29.8 Å². The lowest BCUT2D eigenvalue weighted by Gasteiger charge is -2.18. The van der Waals surface area contributed by atoms with Crippen LogP contribution in [0.1, 0.15) is 27.3 Å². The molecule has 1 fully saturated rings. The molecule has 12 nitrogen and oxygen atoms in total. The van der Waals surface area contributed by atoms with Gasteiger partial charge in [-0.1, -0.05) is 5.23 Å². The first-order valence-corrected chi connectivity index (χ1v) is 12.0. The predicted molar refractivity (Wildman–Crippen MR) is 138 cm³/mol. The number of hydrogen-bond donors (Lipinski definition) is 4. The Kier molecular flexibility index (Phi) is 6.92. The maximum absolute atomic E-state index is 12.8. The summed E-state index contributed by atoms with van der Waals surface area (Å²) in [5, 5.41) is 24.4. The molecule has 0 unspecified atom stereocenters. The van der Waals surface area contributed by atoms with E-state index in [4.69, 9.17) is 4.74 Å². The van der Waals surface area contributed by atoms with Crippen LogP contribution in [0.4, 0.5) is 11.6 Å². The van der Waals surface area contributed by atoms with Gasteiger partial charge in [-0.25, -0.2) is 4.98 Å². The van der Waals surface area contributed by atoms with Crippen molar-refractivity contribution in [2.45, 2.75) is 12.5 Å². The van der Waals surface area contributed by atoms with Gasteiger partial charge in [0.1, 0.15) is 17.2 Å². The Balaban J connectivity index is 1.28. The highest BCUT2D eigenvalue weighted by Crippen LogP contribution is 2.28. The molecule has 2 amide bonds. The average molecular weight is 518 g/mol. The van der Waals surface area contributed by atoms with Crippen LogP contribution >= 0.6 is 0 Å². The summed E-state index contributed by atoms with van der Waals surface area (Å²) < 4.78 is 7.84. The number of ether oxygens (including phenoxy) is 1. The fourth-order valence-electron chi connectivity index (χ4n) is 4.34. The Bertz CT molecular complexity index is 1490. The highest BCUT2D eigenvalue weighted by molar-refractivity contribution is 5.95. The van der Waals surface area contributed by atoms with E-state index in [9.17, 15) is 20.0 Å². The van der Waals surface area contributed by atoms with E-state index in [1.165, 1.54) is 6.20 Å². The maximum Gasteiger partial charge on any atom is 0.269 e. The summed E-state index contributed by atoms with van der Waals surface area (Å²) in [6.07, 6.45) is 2.01. The number of benzene rings is 2. The van der Waals surface area contributed by atoms with Crippen molar-refractivity contribution in [1.29, 1.82) is 0 Å². The van der Waals surface area contributed by atoms with E-state index in [2.05, 4.69) is 20.6 Å². The first kappa shape index (κ1) is 25.1. The lowest BCUT2D eigenvalue weighted by Crippen LogP contribution is -2.35. The molecule has 1 saturated heterocycles. The van der Waals surface area contributed by atoms with Crippen LogP contribution in [-0.4, -0.2) is 73.1 Å². The van der Waals surface area contributed by atoms with E-state index < -0.39 is 6.04 Å². The van der Waals surface area contributed by atoms with Gasteiger partial charge in [0.15, 0.2) is 0 Å². The van der Waals surface area contributed by atoms with Gasteiger partial charge in [0.05, 0.1) is 17.1 Å². The zero-order valence-electron chi connectivity index (χ0n) is 20.8. The number of amides is 2. The van der Waals surface area contributed by atoms with Crippen LogP contribution in [0.25, 0.3) is 11.0 Å². The Morgan fingerprint density at radius 2 is 1.84 bits per heavy atom. The minimum atomic E-state index is -0.479. The number of pyridine rings is 1. The van der Waals surface area contributed by atoms with Crippen molar-refractivity contribution in [3.8, 4) is 11.5 Å². The molecular weight excluding hydrogens is 490 g/mol. The number of fused-ring (bicyclic) bond motifs is 1. The normalized spacial score (nSPS) is 15.2. The molecule has 0 spiro atoms. The third-order valence-electron chi connectivity index (χ3n) is 6.44. The quantitative estimate of drug-likeness (QED) is 0.272. The van der Waals surface area contributed by atoms with E-state index in [0.29, 0.717) is 41.5 Å². The number of imidazole rings is 1. The van der Waals surface area contributed by atoms with Gasteiger partial charge in [0, 0.05) is 56.8 Å². The van der Waals surface area contributed by atoms with Gasteiger partial charge in [0.25, 0.3) is 11.8 Å². The average Bonchev–Trinajstić information content (AvgIpc) is 3.54. The first-order valence-electron chi connectivity index (χ1n) is 12.0. The van der Waals surface area contributed by atoms with Crippen LogP contribution in [0.15, 0.2) is 60.8 Å². The number of hydrogen-bond acceptors (Lipinski definition) is 9. The van der Waals surface area contributed by atoms with Gasteiger partial charge in [-0.2, -0.15) is 0 Å². The highest BCUT2D eigenvalue weighted by atomic mass is 16.8. The van der Waals surface area contributed by atoms with E-state index in [1.54, 1.807) is 48.3 Å². The molecule has 196 valence electrons. The van der Waals surface area contributed by atoms with Crippen LogP contribution in [0.5, 0.6) is 11.5 Å². The molecule has 4 N–H and O–H groups in total. The van der Waals surface area contributed by atoms with Gasteiger partial charge < -0.3 is 24.8 Å². The molecule has 38 heavy (non-hydrogen) atoms. The molecule has 5 rings (SSSR count). The number of carbonyl (C=O) groups is 2. The Labute approximate surface area is 218 Å². The molecule has 2 aromatic heterocycles. The number of aromatic nitrogens is 3. The summed E-state index contributed by atoms with van der Waals surface area (Å²) in [4.78, 5) is 34.9. The number of carbonyl (C=O) groups excluding carboxylic acids is 2. The Morgan fingerprint density at radius 3 is 2.55 bits per heavy atom. The lowest BCUT2D eigenvalue weighted by atomic mass is 10.2. The molecule has 0 bridgehead atoms. The fourth-order valence-corrected chi connectivity index (χ4v) is 4.34. The fraction of sp³-hybridized carbons (Fsp3) is 0.231. The lowest BCUT2D eigenvalue weighted by molar-refractivity contribution is -0.328. The molecule has 3 heterocycles. The van der Waals surface area contributed by atoms with Crippen LogP contribution in [0, 0.1) is 0 Å². The van der Waals surface area contributed by atoms with Crippen molar-refractivity contribution in [2.75, 3.05) is 25.5 Å². The predicted octanol–water partition coefficient (Wildman–Crippen LogP) is 3.16. The van der Waals surface area contributed by atoms with E-state index in [0.717, 1.165) is 11.2 Å². The van der Waals surface area contributed by atoms with Crippen molar-refractivity contribution in [2.24, 2.45) is 7.05 Å². The summed E-state index contributed by atoms with van der Waals surface area (Å²) in [5.74, 6) is 1.20. The molecule has 0 saturated carbocycles. The largest absolute Gasteiger partial charge is 0.457 e. The van der Waals surface area contributed by atoms with E-state index >= 15 is 0 Å². The summed E-state index contributed by atoms with van der Waals surface area (Å²) in [6, 6.07) is 15.3. The summed E-state index contributed by atoms with van der Waals surface area (Å²) in [7, 11) is 3.43. The third kappa shape index (κ3) is 5.13. The monoisotopic (exact) mass is 517 g/mol. The number of anilines is 2. The molecule has 12 heteroatoms. The second kappa shape index (κ2) is 10.5. The molecule has 1 aliphatic rings. The second-order valence-electron chi connectivity index (χ2n) is 8.92. The Hall–Kier alpha value is -4.52. The van der Waals surface area contributed by atoms with Crippen molar-refractivity contribution in [1.82, 2.24) is 30.0 Å². The topological polar surface area (TPSA) is 145 Å². The molecule has 4 aromatic rings. The van der Waals surface area contributed by atoms with Gasteiger partial charge in [-0.05, 0) is 48.9 Å². The smallest absolute Gasteiger partial charge is 0.269 e. The molecule has 2 aromatic carbocycles. The van der Waals surface area contributed by atoms with Crippen LogP contribution < -0.4 is 15.4 Å². The first-order chi connectivity index (χ1) is 18.3. The molecule has 0 aliphatic carbocycles. The van der Waals surface area contributed by atoms with Crippen molar-refractivity contribution >= 4 is 34.5 Å². The SMILES string of the molecule is CNC(=O)c1cc(Oc2ccc3c(c2)nc(Nc2ccc(C(=O)N4CC[C@@H](N(O)O)C4)cc2)n3C)ccn1. The number of rotatable bonds is 7. The van der Waals surface area contributed by atoms with E-state index in [-0.39, 0.29) is 29.3 Å². The zero-order chi connectivity index (χ0) is 26.8. The van der Waals surface area contributed by atoms with Crippen LogP contribution in [0.2, 0.25) is 0 Å². The number of nitrogens with zero attached hydrogens (tertiary/aromatic N) is 5. The molecule has 0 radical (unpaired) electrons. The van der Waals surface area contributed by atoms with Crippen LogP contribution in [0.3, 0.4) is 0 Å². The summed E-state index contributed by atoms with van der Waals surface area (Å²) in [6.45, 7) is 0.719. The Morgan fingerprint density at radius 1 is 1.08 bits per heavy atom. The standard InChI is InChI=1S/C26H27N7O5/c1-27-24(34)22-14-20(9-11-28-22)38-19-7-8-23-21(13-19)30-26(31(23)2)29-17-5-3-16(4-6-17)25(35)32-12-10-18(15-32)33(36)37/h3-9,11,13-14,18,36-37H,10,12,15H2,1-2H3,(H,27,34)(H,29,30)/t18-/m1/s1. The maximum atomic E-state index is 12.8. The number of likely N-dealkylation sites (tertiary alicyclic amines) is 1. The second-order valence-corrected chi connectivity index (χ2v) is 8.92. The van der Waals surface area contributed by atoms with Crippen molar-refractivity contribution < 1.29 is 24.7 Å². The number of aryl methyl sites for hydroxylation is 1. The van der Waals surface area contributed by atoms with Gasteiger partial charge in [0.2, 0.25) is 5.95 Å². The summed E-state index contributed by atoms with van der Waals surface area (Å²) in [5.41, 5.74) is 3.13. The molecule has 1 atom stereocenters. The minimum Gasteiger partial charge on any atom is -0.457 e. The van der Waals surface area contributed by atoms with Crippen molar-refractivity contribution in [3.05, 3.63) is 72.1 Å². The third-order valence-corrected chi connectivity index (χ3v) is 6.44. The zero-order valence-corrected chi connectivity index (χ0v) is 20.8. The number of hydroxylamine groups is 2. The van der Waals surface area contributed by atoms with Gasteiger partial charge >= 0.3 is 0 Å². The molecule has 1 aliphatic heterocycles. The summed E-state index contributed by atoms with van der Waals surface area (Å²) >= 11 is 0. The number of nitrogens with one attached hydrogen (secondary N) is 2. The molecular formula is C26H27N7O5.